The molecule has 1 heterocycles. The molecule has 82 valence electrons. The predicted octanol–water partition coefficient (Wildman–Crippen LogP) is 2.16. The third kappa shape index (κ3) is 2.68. The summed E-state index contributed by atoms with van der Waals surface area (Å²) in [7, 11) is 0. The average molecular weight is 234 g/mol. The molecule has 0 radical (unpaired) electrons. The fourth-order valence-electron chi connectivity index (χ4n) is 1.28. The van der Waals surface area contributed by atoms with E-state index in [1.807, 2.05) is 18.2 Å². The largest absolute Gasteiger partial charge is 0.771 e. The lowest BCUT2D eigenvalue weighted by atomic mass is 10.2. The summed E-state index contributed by atoms with van der Waals surface area (Å²) >= 11 is -2.19. The van der Waals surface area contributed by atoms with Crippen molar-refractivity contribution in [2.45, 2.75) is 0 Å². The van der Waals surface area contributed by atoms with Gasteiger partial charge in [0.05, 0.1) is 11.2 Å². The van der Waals surface area contributed by atoms with Crippen LogP contribution < -0.4 is 0 Å². The van der Waals surface area contributed by atoms with Gasteiger partial charge in [0, 0.05) is 11.6 Å². The van der Waals surface area contributed by atoms with Gasteiger partial charge in [-0.25, -0.2) is 0 Å². The van der Waals surface area contributed by atoms with E-state index in [0.29, 0.717) is 5.69 Å². The van der Waals surface area contributed by atoms with Crippen LogP contribution in [0.4, 0.5) is 5.69 Å². The molecule has 2 aromatic rings. The molecule has 1 aromatic carbocycles. The van der Waals surface area contributed by atoms with Gasteiger partial charge in [-0.05, 0) is 35.3 Å². The van der Waals surface area contributed by atoms with E-state index >= 15 is 0 Å². The first-order valence-corrected chi connectivity index (χ1v) is 5.78. The standard InChI is InChI=1S/C10H9N3O2S/c14-16(15)7-12-13-9-3-4-10-8(6-9)2-1-5-11-10/h1-6H,7H2,(H,14,15)/p-1. The molecule has 2 rings (SSSR count). The van der Waals surface area contributed by atoms with Gasteiger partial charge < -0.3 is 4.55 Å². The molecule has 0 spiro atoms. The van der Waals surface area contributed by atoms with Crippen molar-refractivity contribution in [1.29, 1.82) is 0 Å². The number of hydrogen-bond donors (Lipinski definition) is 0. The Kier molecular flexibility index (Phi) is 3.33. The quantitative estimate of drug-likeness (QED) is 0.603. The molecule has 1 aromatic heterocycles. The van der Waals surface area contributed by atoms with Crippen LogP contribution in [0.1, 0.15) is 0 Å². The molecule has 5 nitrogen and oxygen atoms in total. The number of pyridine rings is 1. The van der Waals surface area contributed by atoms with E-state index in [1.54, 1.807) is 18.3 Å². The van der Waals surface area contributed by atoms with Crippen LogP contribution in [-0.4, -0.2) is 19.6 Å². The molecule has 16 heavy (non-hydrogen) atoms. The molecule has 0 aliphatic heterocycles. The van der Waals surface area contributed by atoms with Crippen LogP contribution in [0, 0.1) is 0 Å². The van der Waals surface area contributed by atoms with Crippen molar-refractivity contribution < 1.29 is 8.76 Å². The highest BCUT2D eigenvalue weighted by Gasteiger charge is 1.94. The minimum absolute atomic E-state index is 0.314. The minimum atomic E-state index is -2.19. The lowest BCUT2D eigenvalue weighted by molar-refractivity contribution is 0.536. The second-order valence-electron chi connectivity index (χ2n) is 3.05. The first-order chi connectivity index (χ1) is 7.75. The maximum atomic E-state index is 10.2. The van der Waals surface area contributed by atoms with Gasteiger partial charge >= 0.3 is 0 Å². The highest BCUT2D eigenvalue weighted by molar-refractivity contribution is 7.79. The Labute approximate surface area is 94.5 Å². The lowest BCUT2D eigenvalue weighted by Gasteiger charge is -1.99. The number of nitrogens with zero attached hydrogens (tertiary/aromatic N) is 3. The van der Waals surface area contributed by atoms with Gasteiger partial charge in [0.25, 0.3) is 0 Å². The van der Waals surface area contributed by atoms with Gasteiger partial charge in [-0.2, -0.15) is 10.2 Å². The highest BCUT2D eigenvalue weighted by Crippen LogP contribution is 2.19. The Balaban J connectivity index is 2.26. The van der Waals surface area contributed by atoms with E-state index in [2.05, 4.69) is 15.2 Å². The summed E-state index contributed by atoms with van der Waals surface area (Å²) in [5.41, 5.74) is 1.49. The molecule has 1 atom stereocenters. The SMILES string of the molecule is O=S([O-])CN=Nc1ccc2ncccc2c1. The van der Waals surface area contributed by atoms with Crippen LogP contribution in [0.25, 0.3) is 10.9 Å². The highest BCUT2D eigenvalue weighted by atomic mass is 32.2. The zero-order chi connectivity index (χ0) is 11.4. The van der Waals surface area contributed by atoms with Gasteiger partial charge in [-0.15, -0.1) is 0 Å². The Morgan fingerprint density at radius 2 is 2.25 bits per heavy atom. The van der Waals surface area contributed by atoms with Crippen LogP contribution in [0.15, 0.2) is 46.8 Å². The van der Waals surface area contributed by atoms with Crippen molar-refractivity contribution in [3.8, 4) is 0 Å². The van der Waals surface area contributed by atoms with Gasteiger partial charge in [-0.3, -0.25) is 9.19 Å². The maximum Gasteiger partial charge on any atom is 0.122 e. The Hall–Kier alpha value is -1.66. The van der Waals surface area contributed by atoms with Crippen LogP contribution in [-0.2, 0) is 11.1 Å². The molecule has 0 N–H and O–H groups in total. The second-order valence-corrected chi connectivity index (χ2v) is 3.92. The first-order valence-electron chi connectivity index (χ1n) is 4.54. The monoisotopic (exact) mass is 234 g/mol. The lowest BCUT2D eigenvalue weighted by Crippen LogP contribution is -1.88. The van der Waals surface area contributed by atoms with E-state index in [0.717, 1.165) is 10.9 Å². The fraction of sp³-hybridized carbons (Fsp3) is 0.100. The molecular weight excluding hydrogens is 226 g/mol. The summed E-state index contributed by atoms with van der Waals surface area (Å²) in [6.07, 6.45) is 1.71. The summed E-state index contributed by atoms with van der Waals surface area (Å²) in [6.45, 7) is 0. The third-order valence-electron chi connectivity index (χ3n) is 1.94. The van der Waals surface area contributed by atoms with Crippen molar-refractivity contribution in [3.05, 3.63) is 36.5 Å². The summed E-state index contributed by atoms with van der Waals surface area (Å²) in [6, 6.07) is 9.10. The number of fused-ring (bicyclic) bond motifs is 1. The number of rotatable bonds is 3. The van der Waals surface area contributed by atoms with E-state index in [1.165, 1.54) is 0 Å². The van der Waals surface area contributed by atoms with Crippen molar-refractivity contribution in [1.82, 2.24) is 4.98 Å². The van der Waals surface area contributed by atoms with E-state index in [-0.39, 0.29) is 5.88 Å². The first kappa shape index (κ1) is 10.8. The molecule has 0 saturated heterocycles. The zero-order valence-electron chi connectivity index (χ0n) is 8.24. The molecule has 1 unspecified atom stereocenters. The van der Waals surface area contributed by atoms with Gasteiger partial charge in [0.1, 0.15) is 5.88 Å². The summed E-state index contributed by atoms with van der Waals surface area (Å²) < 4.78 is 20.5. The van der Waals surface area contributed by atoms with Gasteiger partial charge in [-0.1, -0.05) is 6.07 Å². The molecule has 0 aliphatic carbocycles. The molecular formula is C10H8N3O2S-. The number of hydrogen-bond acceptors (Lipinski definition) is 5. The van der Waals surface area contributed by atoms with E-state index in [9.17, 15) is 8.76 Å². The zero-order valence-corrected chi connectivity index (χ0v) is 9.05. The molecule has 6 heteroatoms. The molecule has 0 amide bonds. The van der Waals surface area contributed by atoms with E-state index < -0.39 is 11.1 Å². The molecule has 0 bridgehead atoms. The second kappa shape index (κ2) is 4.91. The fourth-order valence-corrected chi connectivity index (χ4v) is 1.43. The maximum absolute atomic E-state index is 10.2. The van der Waals surface area contributed by atoms with Crippen LogP contribution >= 0.6 is 0 Å². The predicted molar refractivity (Wildman–Crippen MR) is 60.0 cm³/mol. The van der Waals surface area contributed by atoms with Crippen LogP contribution in [0.2, 0.25) is 0 Å². The van der Waals surface area contributed by atoms with Crippen molar-refractivity contribution >= 4 is 27.7 Å². The van der Waals surface area contributed by atoms with Crippen LogP contribution in [0.3, 0.4) is 0 Å². The van der Waals surface area contributed by atoms with Crippen molar-refractivity contribution in [2.75, 3.05) is 5.88 Å². The topological polar surface area (TPSA) is 77.7 Å². The summed E-state index contributed by atoms with van der Waals surface area (Å²) in [5.74, 6) is -0.314. The summed E-state index contributed by atoms with van der Waals surface area (Å²) in [5, 5.41) is 8.29. The third-order valence-corrected chi connectivity index (χ3v) is 2.26. The number of benzene rings is 1. The Morgan fingerprint density at radius 1 is 1.38 bits per heavy atom. The minimum Gasteiger partial charge on any atom is -0.771 e. The van der Waals surface area contributed by atoms with Gasteiger partial charge in [0.2, 0.25) is 0 Å². The van der Waals surface area contributed by atoms with E-state index in [4.69, 9.17) is 0 Å². The summed E-state index contributed by atoms with van der Waals surface area (Å²) in [4.78, 5) is 4.16. The Bertz CT molecular complexity index is 557. The number of aromatic nitrogens is 1. The molecule has 0 fully saturated rings. The molecule has 0 saturated carbocycles. The van der Waals surface area contributed by atoms with Gasteiger partial charge in [0.15, 0.2) is 0 Å². The Morgan fingerprint density at radius 3 is 3.06 bits per heavy atom. The normalized spacial score (nSPS) is 13.3. The van der Waals surface area contributed by atoms with Crippen molar-refractivity contribution in [3.63, 3.8) is 0 Å². The number of azo groups is 1. The van der Waals surface area contributed by atoms with Crippen molar-refractivity contribution in [2.24, 2.45) is 10.2 Å². The van der Waals surface area contributed by atoms with Crippen LogP contribution in [0.5, 0.6) is 0 Å². The smallest absolute Gasteiger partial charge is 0.122 e. The average Bonchev–Trinajstić information content (AvgIpc) is 2.28. The molecule has 0 aliphatic rings.